The average molecular weight is 429 g/mol. The average Bonchev–Trinajstić information content (AvgIpc) is 3.57. The SMILES string of the molecule is O=C(NC(=O)OCc1cccc(OC2CCO2)c1)OCc1cccc(OCC2CO2)c1. The molecule has 2 heterocycles. The highest BCUT2D eigenvalue weighted by atomic mass is 16.7. The zero-order valence-corrected chi connectivity index (χ0v) is 16.8. The smallest absolute Gasteiger partial charge is 0.416 e. The molecule has 31 heavy (non-hydrogen) atoms. The summed E-state index contributed by atoms with van der Waals surface area (Å²) in [7, 11) is 0. The van der Waals surface area contributed by atoms with Crippen molar-refractivity contribution >= 4 is 12.2 Å². The van der Waals surface area contributed by atoms with Crippen LogP contribution in [-0.2, 0) is 32.2 Å². The summed E-state index contributed by atoms with van der Waals surface area (Å²) in [5.74, 6) is 1.29. The van der Waals surface area contributed by atoms with Gasteiger partial charge in [-0.05, 0) is 35.4 Å². The fourth-order valence-corrected chi connectivity index (χ4v) is 2.70. The number of carbonyl (C=O) groups excluding carboxylic acids is 2. The zero-order chi connectivity index (χ0) is 21.5. The molecule has 2 fully saturated rings. The Balaban J connectivity index is 1.16. The first-order valence-electron chi connectivity index (χ1n) is 9.95. The van der Waals surface area contributed by atoms with Crippen molar-refractivity contribution in [3.05, 3.63) is 59.7 Å². The lowest BCUT2D eigenvalue weighted by Crippen LogP contribution is -2.32. The topological polar surface area (TPSA) is 105 Å². The number of epoxide rings is 1. The summed E-state index contributed by atoms with van der Waals surface area (Å²) in [6, 6.07) is 14.3. The molecule has 0 spiro atoms. The van der Waals surface area contributed by atoms with E-state index in [1.54, 1.807) is 42.5 Å². The number of carbonyl (C=O) groups is 2. The molecule has 0 saturated carbocycles. The van der Waals surface area contributed by atoms with Crippen LogP contribution in [0.15, 0.2) is 48.5 Å². The number of rotatable bonds is 9. The highest BCUT2D eigenvalue weighted by Crippen LogP contribution is 2.21. The predicted octanol–water partition coefficient (Wildman–Crippen LogP) is 3.15. The Hall–Kier alpha value is -3.30. The number of hydrogen-bond acceptors (Lipinski definition) is 8. The maximum absolute atomic E-state index is 11.8. The molecule has 2 unspecified atom stereocenters. The molecule has 0 aromatic heterocycles. The molecule has 2 amide bonds. The molecule has 1 N–H and O–H groups in total. The predicted molar refractivity (Wildman–Crippen MR) is 107 cm³/mol. The van der Waals surface area contributed by atoms with Crippen molar-refractivity contribution in [3.8, 4) is 11.5 Å². The molecule has 0 radical (unpaired) electrons. The number of hydrogen-bond donors (Lipinski definition) is 1. The molecule has 2 saturated heterocycles. The molecule has 9 nitrogen and oxygen atoms in total. The molecule has 2 aromatic carbocycles. The van der Waals surface area contributed by atoms with Gasteiger partial charge in [-0.3, -0.25) is 0 Å². The van der Waals surface area contributed by atoms with E-state index in [0.29, 0.717) is 36.9 Å². The van der Waals surface area contributed by atoms with Crippen LogP contribution in [-0.4, -0.2) is 44.4 Å². The van der Waals surface area contributed by atoms with Crippen LogP contribution in [0.4, 0.5) is 9.59 Å². The molecule has 9 heteroatoms. The summed E-state index contributed by atoms with van der Waals surface area (Å²) in [5, 5.41) is 2.03. The minimum atomic E-state index is -0.903. The van der Waals surface area contributed by atoms with Crippen molar-refractivity contribution in [1.29, 1.82) is 0 Å². The van der Waals surface area contributed by atoms with Crippen LogP contribution in [0.3, 0.4) is 0 Å². The van der Waals surface area contributed by atoms with Gasteiger partial charge in [0, 0.05) is 6.42 Å². The van der Waals surface area contributed by atoms with E-state index in [2.05, 4.69) is 0 Å². The lowest BCUT2D eigenvalue weighted by molar-refractivity contribution is -0.165. The van der Waals surface area contributed by atoms with Crippen LogP contribution in [0, 0.1) is 0 Å². The highest BCUT2D eigenvalue weighted by Gasteiger charge is 2.23. The highest BCUT2D eigenvalue weighted by molar-refractivity contribution is 5.87. The second-order valence-corrected chi connectivity index (χ2v) is 7.05. The van der Waals surface area contributed by atoms with E-state index >= 15 is 0 Å². The summed E-state index contributed by atoms with van der Waals surface area (Å²) in [6.07, 6.45) is -1.03. The molecule has 2 aliphatic heterocycles. The van der Waals surface area contributed by atoms with E-state index in [-0.39, 0.29) is 25.6 Å². The first-order valence-corrected chi connectivity index (χ1v) is 9.95. The number of ether oxygens (including phenoxy) is 6. The minimum absolute atomic E-state index is 0.0150. The number of amides is 2. The third kappa shape index (κ3) is 6.87. The summed E-state index contributed by atoms with van der Waals surface area (Å²) >= 11 is 0. The third-order valence-corrected chi connectivity index (χ3v) is 4.50. The van der Waals surface area contributed by atoms with Gasteiger partial charge in [-0.15, -0.1) is 0 Å². The van der Waals surface area contributed by atoms with Crippen LogP contribution >= 0.6 is 0 Å². The van der Waals surface area contributed by atoms with Gasteiger partial charge in [0.25, 0.3) is 0 Å². The molecule has 2 aromatic rings. The van der Waals surface area contributed by atoms with Crippen molar-refractivity contribution in [3.63, 3.8) is 0 Å². The Kier molecular flexibility index (Phi) is 6.85. The molecule has 2 aliphatic rings. The van der Waals surface area contributed by atoms with Gasteiger partial charge in [0.15, 0.2) is 0 Å². The van der Waals surface area contributed by atoms with Crippen LogP contribution < -0.4 is 14.8 Å². The Morgan fingerprint density at radius 2 is 1.55 bits per heavy atom. The van der Waals surface area contributed by atoms with Crippen molar-refractivity contribution in [1.82, 2.24) is 5.32 Å². The van der Waals surface area contributed by atoms with E-state index < -0.39 is 12.2 Å². The minimum Gasteiger partial charge on any atom is -0.491 e. The van der Waals surface area contributed by atoms with E-state index in [4.69, 9.17) is 28.4 Å². The van der Waals surface area contributed by atoms with Crippen molar-refractivity contribution in [2.45, 2.75) is 32.0 Å². The zero-order valence-electron chi connectivity index (χ0n) is 16.8. The quantitative estimate of drug-likeness (QED) is 0.606. The summed E-state index contributed by atoms with van der Waals surface area (Å²) in [6.45, 7) is 1.86. The van der Waals surface area contributed by atoms with Gasteiger partial charge in [-0.1, -0.05) is 24.3 Å². The standard InChI is InChI=1S/C22H23NO8/c24-21(29-11-15-3-1-5-17(9-15)27-13-19-14-28-19)23-22(25)30-12-16-4-2-6-18(10-16)31-20-7-8-26-20/h1-6,9-10,19-20H,7-8,11-14H2,(H,23,24,25). The van der Waals surface area contributed by atoms with Gasteiger partial charge in [0.05, 0.1) is 13.2 Å². The van der Waals surface area contributed by atoms with Crippen LogP contribution in [0.25, 0.3) is 0 Å². The largest absolute Gasteiger partial charge is 0.491 e. The van der Waals surface area contributed by atoms with E-state index in [1.807, 2.05) is 11.4 Å². The fourth-order valence-electron chi connectivity index (χ4n) is 2.70. The van der Waals surface area contributed by atoms with Crippen molar-refractivity contribution < 1.29 is 38.0 Å². The third-order valence-electron chi connectivity index (χ3n) is 4.50. The number of alkyl carbamates (subject to hydrolysis) is 2. The number of imide groups is 1. The number of nitrogens with one attached hydrogen (secondary N) is 1. The van der Waals surface area contributed by atoms with Crippen molar-refractivity contribution in [2.75, 3.05) is 19.8 Å². The van der Waals surface area contributed by atoms with Gasteiger partial charge >= 0.3 is 12.2 Å². The lowest BCUT2D eigenvalue weighted by atomic mass is 10.2. The summed E-state index contributed by atoms with van der Waals surface area (Å²) in [4.78, 5) is 23.7. The van der Waals surface area contributed by atoms with Crippen LogP contribution in [0.5, 0.6) is 11.5 Å². The van der Waals surface area contributed by atoms with Gasteiger partial charge < -0.3 is 28.4 Å². The maximum atomic E-state index is 11.8. The van der Waals surface area contributed by atoms with E-state index in [0.717, 1.165) is 12.0 Å². The summed E-state index contributed by atoms with van der Waals surface area (Å²) in [5.41, 5.74) is 1.44. The van der Waals surface area contributed by atoms with Gasteiger partial charge in [0.2, 0.25) is 6.29 Å². The molecule has 4 rings (SSSR count). The Morgan fingerprint density at radius 1 is 0.935 bits per heavy atom. The molecule has 0 aliphatic carbocycles. The van der Waals surface area contributed by atoms with Gasteiger partial charge in [0.1, 0.15) is 37.4 Å². The van der Waals surface area contributed by atoms with Gasteiger partial charge in [-0.25, -0.2) is 14.9 Å². The normalized spacial score (nSPS) is 19.0. The number of benzene rings is 2. The summed E-state index contributed by atoms with van der Waals surface area (Å²) < 4.78 is 31.6. The Labute approximate surface area is 179 Å². The molecule has 164 valence electrons. The van der Waals surface area contributed by atoms with Crippen molar-refractivity contribution in [2.24, 2.45) is 0 Å². The van der Waals surface area contributed by atoms with Gasteiger partial charge in [-0.2, -0.15) is 0 Å². The molecular formula is C22H23NO8. The lowest BCUT2D eigenvalue weighted by Gasteiger charge is -2.26. The Bertz CT molecular complexity index is 910. The molecular weight excluding hydrogens is 406 g/mol. The first kappa shape index (κ1) is 21.0. The second-order valence-electron chi connectivity index (χ2n) is 7.05. The maximum Gasteiger partial charge on any atom is 0.416 e. The van der Waals surface area contributed by atoms with E-state index in [9.17, 15) is 9.59 Å². The van der Waals surface area contributed by atoms with E-state index in [1.165, 1.54) is 0 Å². The second kappa shape index (κ2) is 10.1. The first-order chi connectivity index (χ1) is 15.1. The van der Waals surface area contributed by atoms with Crippen LogP contribution in [0.1, 0.15) is 17.5 Å². The molecule has 2 atom stereocenters. The Morgan fingerprint density at radius 3 is 2.13 bits per heavy atom. The fraction of sp³-hybridized carbons (Fsp3) is 0.364. The monoisotopic (exact) mass is 429 g/mol. The molecule has 0 bridgehead atoms. The van der Waals surface area contributed by atoms with Crippen LogP contribution in [0.2, 0.25) is 0 Å².